The summed E-state index contributed by atoms with van der Waals surface area (Å²) in [6.45, 7) is 5.31. The van der Waals surface area contributed by atoms with Crippen LogP contribution in [-0.2, 0) is 9.53 Å². The lowest BCUT2D eigenvalue weighted by Gasteiger charge is -2.41. The summed E-state index contributed by atoms with van der Waals surface area (Å²) in [5, 5.41) is 16.5. The third-order valence-electron chi connectivity index (χ3n) is 3.89. The fourth-order valence-corrected chi connectivity index (χ4v) is 2.41. The fourth-order valence-electron chi connectivity index (χ4n) is 2.29. The molecule has 6 nitrogen and oxygen atoms in total. The number of carbonyl (C=O) groups is 2. The zero-order valence-electron chi connectivity index (χ0n) is 13.5. The number of hydrogen-bond donors (Lipinski definition) is 1. The van der Waals surface area contributed by atoms with Crippen LogP contribution in [0.4, 0.5) is 0 Å². The van der Waals surface area contributed by atoms with Gasteiger partial charge >= 0.3 is 5.97 Å². The van der Waals surface area contributed by atoms with Crippen molar-refractivity contribution in [3.63, 3.8) is 0 Å². The zero-order chi connectivity index (χ0) is 17.4. The molecule has 1 aromatic rings. The number of carbonyl (C=O) groups excluding carboxylic acids is 2. The smallest absolute Gasteiger partial charge is 0.354 e. The highest BCUT2D eigenvalue weighted by molar-refractivity contribution is 6.37. The quantitative estimate of drug-likeness (QED) is 0.840. The van der Waals surface area contributed by atoms with Crippen molar-refractivity contribution in [3.05, 3.63) is 34.9 Å². The molecule has 0 radical (unpaired) electrons. The number of esters is 1. The SMILES string of the molecule is COC(=O)C1=NN(C(=O)c2ccc(Cl)cc2)C(O)(C(C)(C)C)C1. The number of benzene rings is 1. The van der Waals surface area contributed by atoms with Crippen molar-refractivity contribution in [2.45, 2.75) is 32.9 Å². The van der Waals surface area contributed by atoms with E-state index in [2.05, 4.69) is 9.84 Å². The third-order valence-corrected chi connectivity index (χ3v) is 4.14. The van der Waals surface area contributed by atoms with Gasteiger partial charge in [0.25, 0.3) is 5.91 Å². The number of aliphatic hydroxyl groups is 1. The van der Waals surface area contributed by atoms with Crippen LogP contribution in [0.15, 0.2) is 29.4 Å². The number of methoxy groups -OCH3 is 1. The Bertz CT molecular complexity index is 664. The molecule has 124 valence electrons. The van der Waals surface area contributed by atoms with Gasteiger partial charge in [0.1, 0.15) is 0 Å². The van der Waals surface area contributed by atoms with Crippen LogP contribution in [0.5, 0.6) is 0 Å². The predicted molar refractivity (Wildman–Crippen MR) is 86.1 cm³/mol. The molecule has 0 saturated carbocycles. The van der Waals surface area contributed by atoms with Crippen LogP contribution in [0.2, 0.25) is 5.02 Å². The minimum absolute atomic E-state index is 0.00670. The van der Waals surface area contributed by atoms with Crippen molar-refractivity contribution in [1.29, 1.82) is 0 Å². The van der Waals surface area contributed by atoms with Gasteiger partial charge in [0.2, 0.25) is 0 Å². The Kier molecular flexibility index (Phi) is 4.50. The molecule has 0 fully saturated rings. The van der Waals surface area contributed by atoms with E-state index in [0.717, 1.165) is 5.01 Å². The molecule has 0 bridgehead atoms. The van der Waals surface area contributed by atoms with Crippen LogP contribution in [-0.4, -0.2) is 40.5 Å². The standard InChI is InChI=1S/C16H19ClN2O4/c1-15(2,3)16(22)9-12(14(21)23-4)18-19(16)13(20)10-5-7-11(17)8-6-10/h5-8,22H,9H2,1-4H3. The Morgan fingerprint density at radius 1 is 1.30 bits per heavy atom. The number of halogens is 1. The van der Waals surface area contributed by atoms with Gasteiger partial charge in [-0.05, 0) is 24.3 Å². The van der Waals surface area contributed by atoms with Crippen molar-refractivity contribution < 1.29 is 19.4 Å². The van der Waals surface area contributed by atoms with Crippen LogP contribution in [0, 0.1) is 5.41 Å². The van der Waals surface area contributed by atoms with Gasteiger partial charge in [-0.3, -0.25) is 4.79 Å². The van der Waals surface area contributed by atoms with E-state index in [-0.39, 0.29) is 12.1 Å². The monoisotopic (exact) mass is 338 g/mol. The molecule has 1 atom stereocenters. The van der Waals surface area contributed by atoms with Gasteiger partial charge in [-0.1, -0.05) is 32.4 Å². The summed E-state index contributed by atoms with van der Waals surface area (Å²) in [6, 6.07) is 6.23. The molecule has 1 aliphatic heterocycles. The van der Waals surface area contributed by atoms with E-state index < -0.39 is 23.0 Å². The summed E-state index contributed by atoms with van der Waals surface area (Å²) in [4.78, 5) is 24.5. The largest absolute Gasteiger partial charge is 0.464 e. The van der Waals surface area contributed by atoms with Crippen molar-refractivity contribution in [2.75, 3.05) is 7.11 Å². The molecule has 0 spiro atoms. The first-order chi connectivity index (χ1) is 10.6. The summed E-state index contributed by atoms with van der Waals surface area (Å²) < 4.78 is 4.65. The molecule has 2 rings (SSSR count). The summed E-state index contributed by atoms with van der Waals surface area (Å²) in [6.07, 6.45) is -0.0947. The first-order valence-corrected chi connectivity index (χ1v) is 7.46. The highest BCUT2D eigenvalue weighted by Gasteiger charge is 2.54. The summed E-state index contributed by atoms with van der Waals surface area (Å²) in [5.41, 5.74) is -2.04. The fraction of sp³-hybridized carbons (Fsp3) is 0.438. The highest BCUT2D eigenvalue weighted by atomic mass is 35.5. The molecule has 0 saturated heterocycles. The maximum atomic E-state index is 12.7. The highest BCUT2D eigenvalue weighted by Crippen LogP contribution is 2.41. The maximum absolute atomic E-state index is 12.7. The molecule has 1 unspecified atom stereocenters. The molecule has 7 heteroatoms. The van der Waals surface area contributed by atoms with Crippen molar-refractivity contribution >= 4 is 29.2 Å². The Balaban J connectivity index is 2.45. The van der Waals surface area contributed by atoms with Gasteiger partial charge in [-0.15, -0.1) is 0 Å². The summed E-state index contributed by atoms with van der Waals surface area (Å²) in [7, 11) is 1.23. The van der Waals surface area contributed by atoms with Gasteiger partial charge < -0.3 is 9.84 Å². The van der Waals surface area contributed by atoms with Gasteiger partial charge in [0, 0.05) is 22.4 Å². The molecular formula is C16H19ClN2O4. The molecule has 23 heavy (non-hydrogen) atoms. The lowest BCUT2D eigenvalue weighted by atomic mass is 9.80. The minimum Gasteiger partial charge on any atom is -0.464 e. The number of hydrogen-bond acceptors (Lipinski definition) is 5. The van der Waals surface area contributed by atoms with E-state index >= 15 is 0 Å². The van der Waals surface area contributed by atoms with Crippen LogP contribution < -0.4 is 0 Å². The van der Waals surface area contributed by atoms with Crippen LogP contribution in [0.25, 0.3) is 0 Å². The van der Waals surface area contributed by atoms with E-state index in [9.17, 15) is 14.7 Å². The lowest BCUT2D eigenvalue weighted by Crippen LogP contribution is -2.55. The van der Waals surface area contributed by atoms with Crippen LogP contribution >= 0.6 is 11.6 Å². The number of nitrogens with zero attached hydrogens (tertiary/aromatic N) is 2. The van der Waals surface area contributed by atoms with E-state index in [0.29, 0.717) is 10.6 Å². The van der Waals surface area contributed by atoms with E-state index in [1.54, 1.807) is 45.0 Å². The normalized spacial score (nSPS) is 21.1. The van der Waals surface area contributed by atoms with Crippen molar-refractivity contribution in [2.24, 2.45) is 10.5 Å². The van der Waals surface area contributed by atoms with Gasteiger partial charge in [0.15, 0.2) is 11.4 Å². The first-order valence-electron chi connectivity index (χ1n) is 7.08. The van der Waals surface area contributed by atoms with E-state index in [1.165, 1.54) is 7.11 Å². The summed E-state index contributed by atoms with van der Waals surface area (Å²) in [5.74, 6) is -1.18. The molecule has 0 aliphatic carbocycles. The Labute approximate surface area is 139 Å². The summed E-state index contributed by atoms with van der Waals surface area (Å²) >= 11 is 5.83. The molecule has 0 aromatic heterocycles. The zero-order valence-corrected chi connectivity index (χ0v) is 14.2. The molecule has 1 amide bonds. The average Bonchev–Trinajstić information content (AvgIpc) is 2.85. The van der Waals surface area contributed by atoms with Gasteiger partial charge in [0.05, 0.1) is 7.11 Å². The van der Waals surface area contributed by atoms with E-state index in [4.69, 9.17) is 11.6 Å². The lowest BCUT2D eigenvalue weighted by molar-refractivity contribution is -0.144. The number of amides is 1. The molecule has 1 heterocycles. The first kappa shape index (κ1) is 17.4. The van der Waals surface area contributed by atoms with Gasteiger partial charge in [-0.2, -0.15) is 10.1 Å². The molecule has 1 aliphatic rings. The Hall–Kier alpha value is -1.92. The second-order valence-corrected chi connectivity index (χ2v) is 6.84. The molecule has 1 N–H and O–H groups in total. The second kappa shape index (κ2) is 5.94. The number of rotatable bonds is 2. The maximum Gasteiger partial charge on any atom is 0.354 e. The number of ether oxygens (including phenoxy) is 1. The Morgan fingerprint density at radius 2 is 1.87 bits per heavy atom. The van der Waals surface area contributed by atoms with Crippen LogP contribution in [0.1, 0.15) is 37.6 Å². The predicted octanol–water partition coefficient (Wildman–Crippen LogP) is 2.45. The average molecular weight is 339 g/mol. The van der Waals surface area contributed by atoms with Gasteiger partial charge in [-0.25, -0.2) is 4.79 Å². The third kappa shape index (κ3) is 3.09. The number of hydrazone groups is 1. The second-order valence-electron chi connectivity index (χ2n) is 6.41. The molecule has 1 aromatic carbocycles. The van der Waals surface area contributed by atoms with Crippen molar-refractivity contribution in [1.82, 2.24) is 5.01 Å². The topological polar surface area (TPSA) is 79.2 Å². The van der Waals surface area contributed by atoms with E-state index in [1.807, 2.05) is 0 Å². The Morgan fingerprint density at radius 3 is 2.35 bits per heavy atom. The van der Waals surface area contributed by atoms with Crippen LogP contribution in [0.3, 0.4) is 0 Å². The molecular weight excluding hydrogens is 320 g/mol. The minimum atomic E-state index is -1.63. The van der Waals surface area contributed by atoms with Crippen molar-refractivity contribution in [3.8, 4) is 0 Å².